The Morgan fingerprint density at radius 2 is 2.18 bits per heavy atom. The van der Waals surface area contributed by atoms with Crippen molar-refractivity contribution >= 4 is 23.1 Å². The molecule has 0 amide bonds. The molecule has 0 aliphatic heterocycles. The molecule has 94 valence electrons. The van der Waals surface area contributed by atoms with Crippen LogP contribution in [0.2, 0.25) is 5.02 Å². The number of nitrogens with two attached hydrogens (primary N) is 1. The van der Waals surface area contributed by atoms with Crippen LogP contribution in [0, 0.1) is 5.41 Å². The molecule has 0 spiro atoms. The van der Waals surface area contributed by atoms with E-state index in [9.17, 15) is 0 Å². The van der Waals surface area contributed by atoms with Crippen LogP contribution in [0.1, 0.15) is 39.0 Å². The fraction of sp³-hybridized carbons (Fsp3) is 0.615. The van der Waals surface area contributed by atoms with Gasteiger partial charge < -0.3 is 11.1 Å². The van der Waals surface area contributed by atoms with Crippen LogP contribution < -0.4 is 11.1 Å². The zero-order chi connectivity index (χ0) is 12.3. The summed E-state index contributed by atoms with van der Waals surface area (Å²) in [6.07, 6.45) is 8.16. The molecule has 17 heavy (non-hydrogen) atoms. The van der Waals surface area contributed by atoms with Crippen molar-refractivity contribution < 1.29 is 0 Å². The molecule has 0 atom stereocenters. The average molecular weight is 254 g/mol. The zero-order valence-electron chi connectivity index (χ0n) is 10.3. The smallest absolute Gasteiger partial charge is 0.144 e. The second kappa shape index (κ2) is 5.13. The number of pyridine rings is 1. The number of nitrogens with zero attached hydrogens (tertiary/aromatic N) is 1. The van der Waals surface area contributed by atoms with Gasteiger partial charge in [-0.1, -0.05) is 31.4 Å². The lowest BCUT2D eigenvalue weighted by molar-refractivity contribution is 0.306. The molecule has 0 unspecified atom stereocenters. The molecule has 1 heterocycles. The van der Waals surface area contributed by atoms with Crippen molar-refractivity contribution in [2.24, 2.45) is 5.41 Å². The van der Waals surface area contributed by atoms with Gasteiger partial charge in [-0.25, -0.2) is 4.98 Å². The van der Waals surface area contributed by atoms with Crippen LogP contribution >= 0.6 is 11.6 Å². The third kappa shape index (κ3) is 2.83. The normalized spacial score (nSPS) is 18.2. The summed E-state index contributed by atoms with van der Waals surface area (Å²) in [6, 6.07) is 1.74. The monoisotopic (exact) mass is 253 g/mol. The van der Waals surface area contributed by atoms with Crippen molar-refractivity contribution in [3.05, 3.63) is 17.3 Å². The fourth-order valence-electron chi connectivity index (χ4n) is 2.63. The van der Waals surface area contributed by atoms with Crippen LogP contribution in [0.15, 0.2) is 12.3 Å². The minimum absolute atomic E-state index is 0.437. The molecular weight excluding hydrogens is 234 g/mol. The molecule has 0 radical (unpaired) electrons. The lowest BCUT2D eigenvalue weighted by Gasteiger charge is -2.28. The first-order valence-corrected chi connectivity index (χ1v) is 6.68. The second-order valence-corrected chi connectivity index (χ2v) is 5.42. The molecule has 1 aliphatic carbocycles. The van der Waals surface area contributed by atoms with Crippen LogP contribution in [-0.4, -0.2) is 11.5 Å². The largest absolute Gasteiger partial charge is 0.397 e. The van der Waals surface area contributed by atoms with E-state index in [2.05, 4.69) is 17.2 Å². The lowest BCUT2D eigenvalue weighted by Crippen LogP contribution is -2.26. The molecule has 1 aromatic rings. The second-order valence-electron chi connectivity index (χ2n) is 5.01. The van der Waals surface area contributed by atoms with E-state index in [1.165, 1.54) is 32.1 Å². The van der Waals surface area contributed by atoms with Gasteiger partial charge >= 0.3 is 0 Å². The van der Waals surface area contributed by atoms with Crippen molar-refractivity contribution in [3.8, 4) is 0 Å². The molecule has 0 bridgehead atoms. The number of aromatic nitrogens is 1. The van der Waals surface area contributed by atoms with E-state index in [1.807, 2.05) is 0 Å². The van der Waals surface area contributed by atoms with Crippen molar-refractivity contribution in [3.63, 3.8) is 0 Å². The molecule has 4 heteroatoms. The third-order valence-electron chi connectivity index (χ3n) is 3.91. The Kier molecular flexibility index (Phi) is 3.77. The van der Waals surface area contributed by atoms with Gasteiger partial charge in [0.1, 0.15) is 5.82 Å². The summed E-state index contributed by atoms with van der Waals surface area (Å²) in [4.78, 5) is 4.24. The number of halogens is 1. The minimum atomic E-state index is 0.437. The van der Waals surface area contributed by atoms with Gasteiger partial charge in [0, 0.05) is 6.54 Å². The van der Waals surface area contributed by atoms with Crippen LogP contribution in [0.4, 0.5) is 11.5 Å². The topological polar surface area (TPSA) is 50.9 Å². The number of hydrogen-bond donors (Lipinski definition) is 2. The van der Waals surface area contributed by atoms with Gasteiger partial charge in [-0.05, 0) is 30.7 Å². The summed E-state index contributed by atoms with van der Waals surface area (Å²) in [5, 5.41) is 3.98. The van der Waals surface area contributed by atoms with E-state index in [-0.39, 0.29) is 0 Å². The number of anilines is 2. The molecule has 3 nitrogen and oxygen atoms in total. The minimum Gasteiger partial charge on any atom is -0.397 e. The molecular formula is C13H20ClN3. The van der Waals surface area contributed by atoms with Crippen molar-refractivity contribution in [1.82, 2.24) is 4.98 Å². The molecule has 1 aromatic heterocycles. The van der Waals surface area contributed by atoms with Crippen LogP contribution in [0.5, 0.6) is 0 Å². The average Bonchev–Trinajstić information content (AvgIpc) is 2.77. The Balaban J connectivity index is 2.01. The van der Waals surface area contributed by atoms with Crippen molar-refractivity contribution in [2.75, 3.05) is 17.6 Å². The molecule has 3 N–H and O–H groups in total. The summed E-state index contributed by atoms with van der Waals surface area (Å²) in [5.41, 5.74) is 6.66. The van der Waals surface area contributed by atoms with E-state index in [1.54, 1.807) is 12.3 Å². The van der Waals surface area contributed by atoms with Gasteiger partial charge in [0.2, 0.25) is 0 Å². The Hall–Kier alpha value is -0.960. The van der Waals surface area contributed by atoms with E-state index in [0.717, 1.165) is 12.4 Å². The van der Waals surface area contributed by atoms with Crippen LogP contribution in [0.25, 0.3) is 0 Å². The maximum Gasteiger partial charge on any atom is 0.144 e. The quantitative estimate of drug-likeness (QED) is 0.860. The highest BCUT2D eigenvalue weighted by Gasteiger charge is 2.31. The fourth-order valence-corrected chi connectivity index (χ4v) is 2.88. The third-order valence-corrected chi connectivity index (χ3v) is 4.20. The molecule has 1 saturated carbocycles. The molecule has 1 fully saturated rings. The van der Waals surface area contributed by atoms with Crippen LogP contribution in [0.3, 0.4) is 0 Å². The van der Waals surface area contributed by atoms with Crippen molar-refractivity contribution in [2.45, 2.75) is 39.0 Å². The van der Waals surface area contributed by atoms with Gasteiger partial charge in [0.15, 0.2) is 0 Å². The first kappa shape index (κ1) is 12.5. The molecule has 1 aliphatic rings. The van der Waals surface area contributed by atoms with Gasteiger partial charge in [-0.3, -0.25) is 0 Å². The van der Waals surface area contributed by atoms with Gasteiger partial charge in [-0.2, -0.15) is 0 Å². The van der Waals surface area contributed by atoms with Gasteiger partial charge in [0.25, 0.3) is 0 Å². The van der Waals surface area contributed by atoms with E-state index >= 15 is 0 Å². The lowest BCUT2D eigenvalue weighted by atomic mass is 9.83. The molecule has 0 saturated heterocycles. The summed E-state index contributed by atoms with van der Waals surface area (Å²) in [6.45, 7) is 3.23. The predicted octanol–water partition coefficient (Wildman–Crippen LogP) is 3.70. The maximum atomic E-state index is 6.10. The Labute approximate surface area is 108 Å². The summed E-state index contributed by atoms with van der Waals surface area (Å²) < 4.78 is 0. The molecule has 2 rings (SSSR count). The van der Waals surface area contributed by atoms with Gasteiger partial charge in [-0.15, -0.1) is 0 Å². The summed E-state index contributed by atoms with van der Waals surface area (Å²) >= 11 is 6.10. The highest BCUT2D eigenvalue weighted by molar-refractivity contribution is 6.33. The van der Waals surface area contributed by atoms with Crippen molar-refractivity contribution in [1.29, 1.82) is 0 Å². The highest BCUT2D eigenvalue weighted by atomic mass is 35.5. The summed E-state index contributed by atoms with van der Waals surface area (Å²) in [7, 11) is 0. The first-order chi connectivity index (χ1) is 8.15. The highest BCUT2D eigenvalue weighted by Crippen LogP contribution is 2.41. The maximum absolute atomic E-state index is 6.10. The number of nitrogens with one attached hydrogen (secondary N) is 1. The SMILES string of the molecule is CCC1(CNc2ncc(N)cc2Cl)CCCC1. The van der Waals surface area contributed by atoms with Gasteiger partial charge in [0.05, 0.1) is 16.9 Å². The Morgan fingerprint density at radius 3 is 2.76 bits per heavy atom. The van der Waals surface area contributed by atoms with E-state index in [0.29, 0.717) is 16.1 Å². The zero-order valence-corrected chi connectivity index (χ0v) is 11.1. The summed E-state index contributed by atoms with van der Waals surface area (Å²) in [5.74, 6) is 0.751. The van der Waals surface area contributed by atoms with E-state index in [4.69, 9.17) is 17.3 Å². The first-order valence-electron chi connectivity index (χ1n) is 6.30. The predicted molar refractivity (Wildman–Crippen MR) is 73.3 cm³/mol. The number of rotatable bonds is 4. The Morgan fingerprint density at radius 1 is 1.47 bits per heavy atom. The number of hydrogen-bond acceptors (Lipinski definition) is 3. The Bertz CT molecular complexity index is 386. The molecule has 0 aromatic carbocycles. The van der Waals surface area contributed by atoms with E-state index < -0.39 is 0 Å². The standard InChI is InChI=1S/C13H20ClN3/c1-2-13(5-3-4-6-13)9-17-12-11(14)7-10(15)8-16-12/h7-8H,2-6,9,15H2,1H3,(H,16,17). The number of nitrogen functional groups attached to an aromatic ring is 1. The van der Waals surface area contributed by atoms with Crippen LogP contribution in [-0.2, 0) is 0 Å².